The molecule has 0 bridgehead atoms. The van der Waals surface area contributed by atoms with E-state index in [2.05, 4.69) is 0 Å². The molecule has 1 saturated carbocycles. The summed E-state index contributed by atoms with van der Waals surface area (Å²) in [6.07, 6.45) is -2.67. The Morgan fingerprint density at radius 1 is 1.36 bits per heavy atom. The van der Waals surface area contributed by atoms with Crippen molar-refractivity contribution in [2.24, 2.45) is 0 Å². The molecule has 0 N–H and O–H groups in total. The zero-order valence-corrected chi connectivity index (χ0v) is 13.9. The highest BCUT2D eigenvalue weighted by Gasteiger charge is 2.38. The summed E-state index contributed by atoms with van der Waals surface area (Å²) in [6, 6.07) is 4.25. The molecule has 1 fully saturated rings. The molecule has 3 rings (SSSR count). The summed E-state index contributed by atoms with van der Waals surface area (Å²) in [7, 11) is 0. The average molecular weight is 377 g/mol. The van der Waals surface area contributed by atoms with E-state index in [-0.39, 0.29) is 24.6 Å². The number of hydrogen-bond donors (Lipinski definition) is 0. The van der Waals surface area contributed by atoms with E-state index in [9.17, 15) is 22.8 Å². The van der Waals surface area contributed by atoms with Crippen molar-refractivity contribution in [1.29, 1.82) is 0 Å². The molecule has 1 aliphatic rings. The maximum Gasteiger partial charge on any atom is 0.419 e. The summed E-state index contributed by atoms with van der Waals surface area (Å²) < 4.78 is 44.5. The summed E-state index contributed by atoms with van der Waals surface area (Å²) in [6.45, 7) is -1.31. The third-order valence-electron chi connectivity index (χ3n) is 4.37. The topological polar surface area (TPSA) is 55.5 Å². The first-order valence-electron chi connectivity index (χ1n) is 7.90. The Kier molecular flexibility index (Phi) is 4.81. The number of carbonyl (C=O) groups is 1. The van der Waals surface area contributed by atoms with Crippen molar-refractivity contribution in [3.63, 3.8) is 0 Å². The van der Waals surface area contributed by atoms with Crippen molar-refractivity contribution in [3.05, 3.63) is 33.8 Å². The minimum absolute atomic E-state index is 0.0482. The molecule has 9 heteroatoms. The van der Waals surface area contributed by atoms with Gasteiger partial charge in [0.1, 0.15) is 6.54 Å². The fraction of sp³-hybridized carbons (Fsp3) is 0.500. The van der Waals surface area contributed by atoms with Gasteiger partial charge in [-0.3, -0.25) is 9.36 Å². The summed E-state index contributed by atoms with van der Waals surface area (Å²) in [5, 5.41) is 0.394. The molecule has 5 nitrogen and oxygen atoms in total. The van der Waals surface area contributed by atoms with Gasteiger partial charge in [-0.15, -0.1) is 0 Å². The minimum atomic E-state index is -4.44. The Morgan fingerprint density at radius 2 is 2.08 bits per heavy atom. The lowest BCUT2D eigenvalue weighted by Crippen LogP contribution is -2.48. The van der Waals surface area contributed by atoms with Crippen molar-refractivity contribution < 1.29 is 22.4 Å². The minimum Gasteiger partial charge on any atom is -0.408 e. The van der Waals surface area contributed by atoms with Crippen molar-refractivity contribution in [1.82, 2.24) is 9.47 Å². The van der Waals surface area contributed by atoms with Gasteiger partial charge in [0.15, 0.2) is 5.58 Å². The van der Waals surface area contributed by atoms with Crippen LogP contribution in [0.3, 0.4) is 0 Å². The molecule has 1 aromatic carbocycles. The number of fused-ring (bicyclic) bond motifs is 1. The molecule has 2 aromatic rings. The number of carbonyl (C=O) groups excluding carboxylic acids is 1. The van der Waals surface area contributed by atoms with Gasteiger partial charge in [-0.25, -0.2) is 4.79 Å². The smallest absolute Gasteiger partial charge is 0.408 e. The van der Waals surface area contributed by atoms with E-state index in [0.717, 1.165) is 11.3 Å². The number of rotatable bonds is 5. The Labute approximate surface area is 145 Å². The zero-order valence-electron chi connectivity index (χ0n) is 13.2. The second kappa shape index (κ2) is 6.74. The molecule has 1 heterocycles. The molecule has 136 valence electrons. The van der Waals surface area contributed by atoms with Crippen LogP contribution < -0.4 is 5.76 Å². The number of oxazole rings is 1. The van der Waals surface area contributed by atoms with Gasteiger partial charge in [-0.2, -0.15) is 13.2 Å². The van der Waals surface area contributed by atoms with Crippen LogP contribution in [-0.2, 0) is 11.3 Å². The Hall–Kier alpha value is -1.96. The third-order valence-corrected chi connectivity index (χ3v) is 4.60. The van der Waals surface area contributed by atoms with Crippen molar-refractivity contribution in [2.75, 3.05) is 6.54 Å². The average Bonchev–Trinajstić information content (AvgIpc) is 2.75. The number of aromatic nitrogens is 1. The molecule has 0 radical (unpaired) electrons. The van der Waals surface area contributed by atoms with Crippen molar-refractivity contribution in [2.45, 2.75) is 44.4 Å². The molecule has 0 aliphatic heterocycles. The highest BCUT2D eigenvalue weighted by Crippen LogP contribution is 2.29. The lowest BCUT2D eigenvalue weighted by Gasteiger charge is -2.38. The Balaban J connectivity index is 1.74. The van der Waals surface area contributed by atoms with Gasteiger partial charge in [0.2, 0.25) is 5.91 Å². The fourth-order valence-electron chi connectivity index (χ4n) is 2.92. The molecule has 1 aliphatic carbocycles. The van der Waals surface area contributed by atoms with Crippen LogP contribution in [0.2, 0.25) is 5.02 Å². The summed E-state index contributed by atoms with van der Waals surface area (Å²) in [5.74, 6) is -1.28. The Morgan fingerprint density at radius 3 is 2.68 bits per heavy atom. The first-order valence-corrected chi connectivity index (χ1v) is 8.27. The van der Waals surface area contributed by atoms with Gasteiger partial charge in [0.25, 0.3) is 0 Å². The van der Waals surface area contributed by atoms with E-state index in [1.807, 2.05) is 0 Å². The number of alkyl halides is 3. The standard InChI is InChI=1S/C16H16ClF3N2O3/c17-10-4-5-12-13(8-10)25-15(24)21(12)7-6-14(23)22(9-16(18,19)20)11-2-1-3-11/h4-5,8,11H,1-3,6-7,9H2. The van der Waals surface area contributed by atoms with Gasteiger partial charge >= 0.3 is 11.9 Å². The van der Waals surface area contributed by atoms with Gasteiger partial charge in [0.05, 0.1) is 5.52 Å². The number of hydrogen-bond acceptors (Lipinski definition) is 3. The molecule has 0 saturated heterocycles. The molecule has 0 spiro atoms. The molecule has 0 atom stereocenters. The van der Waals surface area contributed by atoms with E-state index in [1.54, 1.807) is 12.1 Å². The normalized spacial score (nSPS) is 15.4. The van der Waals surface area contributed by atoms with Crippen LogP contribution in [-0.4, -0.2) is 34.1 Å². The van der Waals surface area contributed by atoms with Gasteiger partial charge < -0.3 is 9.32 Å². The fourth-order valence-corrected chi connectivity index (χ4v) is 3.08. The molecule has 0 unspecified atom stereocenters. The second-order valence-corrected chi connectivity index (χ2v) is 6.54. The summed E-state index contributed by atoms with van der Waals surface area (Å²) in [4.78, 5) is 25.1. The lowest BCUT2D eigenvalue weighted by molar-refractivity contribution is -0.169. The number of halogens is 4. The summed E-state index contributed by atoms with van der Waals surface area (Å²) >= 11 is 5.83. The van der Waals surface area contributed by atoms with Crippen LogP contribution in [0, 0.1) is 0 Å². The maximum atomic E-state index is 12.7. The largest absolute Gasteiger partial charge is 0.419 e. The van der Waals surface area contributed by atoms with Crippen LogP contribution in [0.5, 0.6) is 0 Å². The number of nitrogens with zero attached hydrogens (tertiary/aromatic N) is 2. The molecule has 1 amide bonds. The van der Waals surface area contributed by atoms with E-state index < -0.39 is 24.4 Å². The molecular weight excluding hydrogens is 361 g/mol. The highest BCUT2D eigenvalue weighted by atomic mass is 35.5. The van der Waals surface area contributed by atoms with Crippen LogP contribution in [0.15, 0.2) is 27.4 Å². The number of benzene rings is 1. The first-order chi connectivity index (χ1) is 11.7. The molecule has 25 heavy (non-hydrogen) atoms. The Bertz CT molecular complexity index is 839. The molecule has 1 aromatic heterocycles. The zero-order chi connectivity index (χ0) is 18.2. The number of amides is 1. The maximum absolute atomic E-state index is 12.7. The predicted molar refractivity (Wildman–Crippen MR) is 85.5 cm³/mol. The van der Waals surface area contributed by atoms with E-state index in [4.69, 9.17) is 16.0 Å². The number of aryl methyl sites for hydroxylation is 1. The lowest BCUT2D eigenvalue weighted by atomic mass is 9.91. The summed E-state index contributed by atoms with van der Waals surface area (Å²) in [5.41, 5.74) is 0.726. The SMILES string of the molecule is O=C(CCn1c(=O)oc2cc(Cl)ccc21)N(CC(F)(F)F)C1CCC1. The van der Waals surface area contributed by atoms with Gasteiger partial charge in [0, 0.05) is 30.1 Å². The van der Waals surface area contributed by atoms with Crippen molar-refractivity contribution >= 4 is 28.6 Å². The second-order valence-electron chi connectivity index (χ2n) is 6.10. The predicted octanol–water partition coefficient (Wildman–Crippen LogP) is 3.58. The molecular formula is C16H16ClF3N2O3. The third kappa shape index (κ3) is 4.00. The van der Waals surface area contributed by atoms with Gasteiger partial charge in [-0.1, -0.05) is 11.6 Å². The highest BCUT2D eigenvalue weighted by molar-refractivity contribution is 6.31. The van der Waals surface area contributed by atoms with Crippen LogP contribution in [0.25, 0.3) is 11.1 Å². The van der Waals surface area contributed by atoms with E-state index >= 15 is 0 Å². The monoisotopic (exact) mass is 376 g/mol. The van der Waals surface area contributed by atoms with Crippen molar-refractivity contribution in [3.8, 4) is 0 Å². The van der Waals surface area contributed by atoms with E-state index in [0.29, 0.717) is 23.4 Å². The van der Waals surface area contributed by atoms with Crippen LogP contribution in [0.4, 0.5) is 13.2 Å². The van der Waals surface area contributed by atoms with Crippen LogP contribution in [0.1, 0.15) is 25.7 Å². The quantitative estimate of drug-likeness (QED) is 0.801. The van der Waals surface area contributed by atoms with E-state index in [1.165, 1.54) is 10.6 Å². The van der Waals surface area contributed by atoms with Crippen LogP contribution >= 0.6 is 11.6 Å². The first kappa shape index (κ1) is 17.8. The van der Waals surface area contributed by atoms with Gasteiger partial charge in [-0.05, 0) is 31.4 Å².